The second kappa shape index (κ2) is 51.4. The summed E-state index contributed by atoms with van der Waals surface area (Å²) in [5, 5.41) is 17.6. The number of fused-ring (bicyclic) bond motifs is 7. The van der Waals surface area contributed by atoms with Gasteiger partial charge in [-0.15, -0.1) is 79.4 Å². The number of nitrogens with one attached hydrogen (secondary N) is 2. The van der Waals surface area contributed by atoms with Gasteiger partial charge >= 0.3 is 14.7 Å². The molecule has 0 aliphatic carbocycles. The van der Waals surface area contributed by atoms with E-state index in [1.54, 1.807) is 85.2 Å². The molecule has 0 aromatic carbocycles. The minimum Gasteiger partial charge on any atom is -0.451 e. The zero-order valence-corrected chi connectivity index (χ0v) is 100.0. The summed E-state index contributed by atoms with van der Waals surface area (Å²) in [6, 6.07) is -0.483. The predicted octanol–water partition coefficient (Wildman–Crippen LogP) is 16.6. The van der Waals surface area contributed by atoms with E-state index in [9.17, 15) is 45.6 Å². The van der Waals surface area contributed by atoms with E-state index in [0.29, 0.717) is 57.8 Å². The number of amides is 3. The highest BCUT2D eigenvalue weighted by atomic mass is 32.2. The molecule has 7 aromatic heterocycles. The molecule has 0 fully saturated rings. The quantitative estimate of drug-likeness (QED) is 0.0353. The molecule has 43 heteroatoms. The van der Waals surface area contributed by atoms with Gasteiger partial charge in [0.1, 0.15) is 12.1 Å². The van der Waals surface area contributed by atoms with Crippen molar-refractivity contribution in [3.63, 3.8) is 0 Å². The number of thiazole rings is 7. The first-order valence-electron chi connectivity index (χ1n) is 49.8. The molecule has 1 unspecified atom stereocenters. The molecule has 0 saturated heterocycles. The molecule has 0 spiro atoms. The van der Waals surface area contributed by atoms with Crippen molar-refractivity contribution in [1.29, 1.82) is 0 Å². The maximum Gasteiger partial charge on any atom is 0.456 e. The monoisotopic (exact) mass is 2160 g/mol. The smallest absolute Gasteiger partial charge is 0.451 e. The molecule has 142 heavy (non-hydrogen) atoms. The number of hydrogen-bond donors (Lipinski definition) is 3. The molecule has 7 aliphatic rings. The number of ketones is 1. The van der Waals surface area contributed by atoms with E-state index in [1.807, 2.05) is 76.4 Å². The number of carbonyl (C=O) groups is 4. The molecule has 3 N–H and O–H groups in total. The number of sulfonamides is 2. The zero-order valence-electron chi connectivity index (χ0n) is 91.7. The second-order valence-electron chi connectivity index (χ2n) is 46.1. The molecular weight excluding hydrogens is 1990 g/mol. The predicted molar refractivity (Wildman–Crippen MR) is 586 cm³/mol. The molecule has 798 valence electrons. The van der Waals surface area contributed by atoms with Crippen molar-refractivity contribution in [3.05, 3.63) is 109 Å². The number of rotatable bonds is 25. The third-order valence-corrected chi connectivity index (χ3v) is 38.5. The lowest BCUT2D eigenvalue weighted by molar-refractivity contribution is -0.131. The number of aromatic nitrogens is 7. The van der Waals surface area contributed by atoms with E-state index in [4.69, 9.17) is 53.2 Å². The Balaban J connectivity index is 0.000000203. The van der Waals surface area contributed by atoms with Gasteiger partial charge in [-0.05, 0) is 59.3 Å². The second-order valence-corrected chi connectivity index (χ2v) is 59.5. The van der Waals surface area contributed by atoms with Crippen molar-refractivity contribution in [3.8, 4) is 0 Å². The average Bonchev–Trinajstić information content (AvgIpc) is 1.72. The lowest BCUT2D eigenvalue weighted by Crippen LogP contribution is -2.56. The summed E-state index contributed by atoms with van der Waals surface area (Å²) >= 11 is 12.5. The fourth-order valence-corrected chi connectivity index (χ4v) is 26.5. The van der Waals surface area contributed by atoms with Crippen molar-refractivity contribution >= 4 is 145 Å². The Labute approximate surface area is 879 Å². The van der Waals surface area contributed by atoms with E-state index in [2.05, 4.69) is 175 Å². The standard InChI is InChI=1S/C15H27BN2O2S.C15H25N3O3S2.C14H25BN2OS.C14H23N3O3S2.C14H23N3OS.C14H22N2OS.C13H23N2O3PS/c1-15(2,3)14-17-12-7-10-18(11-13(12)21-14)9-6-8-16(19-4)20-5;1-14(2,3)13-16-10-7-8-18(9-11(10)22-13)15(4,5)12(19)17-23(6,20)21;1-14(2,3)13-16-11-6-9-17(10-12(11)19-13)8-5-7-15(4)18;1-9(12(18)16-22(5,19)20)17-7-6-10-11(8-17)21-13(15-10)14(2,3)4;1-14(2,3)13-15-10-6-7-17(8-11(10)19-13)9-12(18)16(4)5;1-5-10(17)8-16-7-6-11-12(9-16)18-13(15-11)14(2,3)4;1-13(2,3)12-14-10-6-7-15(8-11(10)20-12)9-19(16,17-4)18-5/h6-11H2,1-5H3;7-9H2,1-6H3,(H,17,19);18H,5-10H2,1-4H3;9H,6-8H2,1-5H3,(H,16,18);6-9H2,1-5H3;5-9H2,1-4H3;6-9H2,1-5H3. The number of likely N-dealkylation sites (N-methyl/N-ethyl adjacent to an activating group) is 1. The van der Waals surface area contributed by atoms with Crippen LogP contribution in [0.15, 0.2) is 0 Å². The summed E-state index contributed by atoms with van der Waals surface area (Å²) in [6.45, 7) is 70.4. The van der Waals surface area contributed by atoms with Crippen molar-refractivity contribution in [2.45, 2.75) is 352 Å². The minimum atomic E-state index is -3.56. The van der Waals surface area contributed by atoms with Crippen LogP contribution in [0.3, 0.4) is 0 Å². The Hall–Kier alpha value is -4.73. The van der Waals surface area contributed by atoms with Crippen molar-refractivity contribution in [2.75, 3.05) is 133 Å². The summed E-state index contributed by atoms with van der Waals surface area (Å²) in [6.07, 6.45) is 13.6. The zero-order chi connectivity index (χ0) is 106. The van der Waals surface area contributed by atoms with Gasteiger partial charge in [-0.1, -0.05) is 159 Å². The summed E-state index contributed by atoms with van der Waals surface area (Å²) in [5.41, 5.74) is 8.35. The topological polar surface area (TPSA) is 351 Å². The fraction of sp³-hybridized carbons (Fsp3) is 0.747. The van der Waals surface area contributed by atoms with Gasteiger partial charge in [0.2, 0.25) is 31.9 Å². The maximum absolute atomic E-state index is 12.3. The highest BCUT2D eigenvalue weighted by Crippen LogP contribution is 2.48. The van der Waals surface area contributed by atoms with Gasteiger partial charge in [0.05, 0.1) is 112 Å². The van der Waals surface area contributed by atoms with E-state index >= 15 is 0 Å². The third-order valence-electron chi connectivity index (χ3n) is 25.0. The fourth-order valence-electron chi connectivity index (χ4n) is 15.9. The van der Waals surface area contributed by atoms with Crippen LogP contribution in [0.5, 0.6) is 0 Å². The van der Waals surface area contributed by atoms with Crippen LogP contribution in [0.25, 0.3) is 0 Å². The van der Waals surface area contributed by atoms with Gasteiger partial charge in [-0.3, -0.25) is 67.5 Å². The summed E-state index contributed by atoms with van der Waals surface area (Å²) in [4.78, 5) is 107. The maximum atomic E-state index is 12.3. The molecule has 7 aromatic rings. The third kappa shape index (κ3) is 37.4. The van der Waals surface area contributed by atoms with Crippen LogP contribution >= 0.6 is 87.0 Å². The summed E-state index contributed by atoms with van der Waals surface area (Å²) < 4.78 is 81.9. The summed E-state index contributed by atoms with van der Waals surface area (Å²) in [7, 11) is -0.234. The van der Waals surface area contributed by atoms with Crippen LogP contribution < -0.4 is 9.44 Å². The van der Waals surface area contributed by atoms with Crippen molar-refractivity contribution in [2.24, 2.45) is 0 Å². The Morgan fingerprint density at radius 2 is 0.718 bits per heavy atom. The van der Waals surface area contributed by atoms with Crippen LogP contribution in [0.2, 0.25) is 19.5 Å². The number of hydrogen-bond acceptors (Lipinski definition) is 35. The molecule has 14 heterocycles. The number of nitrogens with zero attached hydrogens (tertiary/aromatic N) is 15. The molecule has 0 saturated carbocycles. The molecule has 3 amide bonds. The first-order valence-corrected chi connectivity index (χ1v) is 61.0. The van der Waals surface area contributed by atoms with Crippen molar-refractivity contribution in [1.82, 2.24) is 83.5 Å². The van der Waals surface area contributed by atoms with Gasteiger partial charge in [-0.25, -0.2) is 51.7 Å². The Morgan fingerprint density at radius 1 is 0.430 bits per heavy atom. The van der Waals surface area contributed by atoms with Gasteiger partial charge in [0.15, 0.2) is 0 Å². The lowest BCUT2D eigenvalue weighted by atomic mass is 9.67. The van der Waals surface area contributed by atoms with E-state index in [-0.39, 0.29) is 57.8 Å². The molecule has 14 rings (SSSR count). The highest BCUT2D eigenvalue weighted by Gasteiger charge is 2.41. The lowest BCUT2D eigenvalue weighted by Gasteiger charge is -2.38. The number of carbonyl (C=O) groups excluding carboxylic acids is 4. The van der Waals surface area contributed by atoms with Gasteiger partial charge in [0.25, 0.3) is 12.8 Å². The van der Waals surface area contributed by atoms with E-state index in [1.165, 1.54) is 102 Å². The summed E-state index contributed by atoms with van der Waals surface area (Å²) in [5.74, 6) is -0.474. The molecule has 7 aliphatic heterocycles. The van der Waals surface area contributed by atoms with Gasteiger partial charge in [-0.2, -0.15) is 0 Å². The van der Waals surface area contributed by atoms with Crippen LogP contribution in [0, 0.1) is 0 Å². The minimum absolute atomic E-state index is 0.00994. The normalized spacial score (nSPS) is 16.8. The molecule has 0 bridgehead atoms. The molecule has 31 nitrogen and oxygen atoms in total. The highest BCUT2D eigenvalue weighted by molar-refractivity contribution is 7.89. The Kier molecular flexibility index (Phi) is 44.3. The number of Topliss-reactive ketones (excluding diaryl/α,β-unsaturated/α-hetero) is 1. The van der Waals surface area contributed by atoms with Crippen molar-refractivity contribution < 1.29 is 64.0 Å². The SMILES string of the molecule is CB(O)CCCN1CCc2nc(C(C)(C)C)sc2C1.CC(C(=O)NS(C)(=O)=O)N1CCc2nc(C(C)(C)C)sc2C1.CC(C)(C)c1nc2c(s1)CN(C(C)(C)C(=O)NS(C)(=O)=O)CC2.CCC(=O)CN1CCc2nc(C(C)(C)C)sc2C1.CN(C)C(=O)CN1CCc2nc(C(C)(C)C)sc2C1.COB(CCCN1CCc2nc(C(C)(C)C)sc2C1)OC.COP(=O)(CN1CCc2nc(C(C)(C)C)sc2C1)OC. The van der Waals surface area contributed by atoms with E-state index in [0.717, 1.165) is 183 Å². The molecule has 1 atom stereocenters. The van der Waals surface area contributed by atoms with Gasteiger partial charge < -0.3 is 28.3 Å². The molecular formula is C99H168B2N17O14PS9. The van der Waals surface area contributed by atoms with Crippen LogP contribution in [0.1, 0.15) is 301 Å². The Morgan fingerprint density at radius 3 is 1.03 bits per heavy atom. The largest absolute Gasteiger partial charge is 0.456 e. The van der Waals surface area contributed by atoms with Gasteiger partial charge in [0, 0.05) is 258 Å². The van der Waals surface area contributed by atoms with Crippen LogP contribution in [-0.2, 0) is 191 Å². The Bertz CT molecular complexity index is 5590. The van der Waals surface area contributed by atoms with E-state index < -0.39 is 51.0 Å². The first kappa shape index (κ1) is 122. The van der Waals surface area contributed by atoms with Crippen LogP contribution in [-0.4, -0.2) is 278 Å². The first-order chi connectivity index (χ1) is 65.5. The van der Waals surface area contributed by atoms with Crippen LogP contribution in [0.4, 0.5) is 0 Å². The molecule has 0 radical (unpaired) electrons. The average molecular weight is 2160 g/mol.